The molecule has 0 atom stereocenters. The van der Waals surface area contributed by atoms with Gasteiger partial charge in [0.2, 0.25) is 0 Å². The van der Waals surface area contributed by atoms with Crippen molar-refractivity contribution in [1.29, 1.82) is 0 Å². The van der Waals surface area contributed by atoms with Crippen LogP contribution in [0, 0.1) is 6.92 Å². The topological polar surface area (TPSA) is 29.5 Å². The Morgan fingerprint density at radius 3 is 2.64 bits per heavy atom. The minimum atomic E-state index is 0.0396. The molecule has 3 nitrogen and oxygen atoms in total. The van der Waals surface area contributed by atoms with E-state index in [-0.39, 0.29) is 5.91 Å². The molecule has 2 aromatic rings. The van der Waals surface area contributed by atoms with Crippen molar-refractivity contribution in [2.45, 2.75) is 20.0 Å². The monoisotopic (exact) mass is 379 g/mol. The molecule has 0 radical (unpaired) electrons. The zero-order valence-electron chi connectivity index (χ0n) is 12.3. The summed E-state index contributed by atoms with van der Waals surface area (Å²) in [6.45, 7) is 3.04. The molecule has 0 fully saturated rings. The third-order valence-electron chi connectivity index (χ3n) is 3.90. The predicted octanol–water partition coefficient (Wildman–Crippen LogP) is 4.58. The summed E-state index contributed by atoms with van der Waals surface area (Å²) in [5.41, 5.74) is 3.66. The highest BCUT2D eigenvalue weighted by Crippen LogP contribution is 2.37. The Kier molecular flexibility index (Phi) is 4.15. The standard InChI is InChI=1S/C17H15BrClNO2/c1-10-7-14(18)16(19)13-9-20(17(21)15(10)13)8-11-3-5-12(22-2)6-4-11/h3-7H,8-9H2,1-2H3. The van der Waals surface area contributed by atoms with Gasteiger partial charge in [-0.3, -0.25) is 4.79 Å². The fourth-order valence-corrected chi connectivity index (χ4v) is 3.56. The van der Waals surface area contributed by atoms with Crippen molar-refractivity contribution in [2.75, 3.05) is 7.11 Å². The molecule has 1 aliphatic heterocycles. The number of amides is 1. The first-order chi connectivity index (χ1) is 10.5. The van der Waals surface area contributed by atoms with Crippen molar-refractivity contribution < 1.29 is 9.53 Å². The molecule has 5 heteroatoms. The number of fused-ring (bicyclic) bond motifs is 1. The zero-order chi connectivity index (χ0) is 15.9. The fourth-order valence-electron chi connectivity index (χ4n) is 2.76. The molecule has 0 N–H and O–H groups in total. The van der Waals surface area contributed by atoms with Crippen LogP contribution in [0.4, 0.5) is 0 Å². The Morgan fingerprint density at radius 1 is 1.32 bits per heavy atom. The first kappa shape index (κ1) is 15.4. The van der Waals surface area contributed by atoms with Crippen LogP contribution in [0.3, 0.4) is 0 Å². The number of rotatable bonds is 3. The second-order valence-electron chi connectivity index (χ2n) is 5.35. The zero-order valence-corrected chi connectivity index (χ0v) is 14.7. The van der Waals surface area contributed by atoms with Crippen LogP contribution < -0.4 is 4.74 Å². The van der Waals surface area contributed by atoms with E-state index in [4.69, 9.17) is 16.3 Å². The van der Waals surface area contributed by atoms with Crippen LogP contribution in [-0.2, 0) is 13.1 Å². The summed E-state index contributed by atoms with van der Waals surface area (Å²) in [7, 11) is 1.64. The van der Waals surface area contributed by atoms with Gasteiger partial charge in [0, 0.05) is 28.7 Å². The van der Waals surface area contributed by atoms with Crippen LogP contribution in [0.5, 0.6) is 5.75 Å². The lowest BCUT2D eigenvalue weighted by atomic mass is 10.0. The minimum absolute atomic E-state index is 0.0396. The molecule has 2 aromatic carbocycles. The van der Waals surface area contributed by atoms with Crippen molar-refractivity contribution in [3.05, 3.63) is 62.1 Å². The summed E-state index contributed by atoms with van der Waals surface area (Å²) in [4.78, 5) is 14.5. The number of benzene rings is 2. The highest BCUT2D eigenvalue weighted by molar-refractivity contribution is 9.10. The van der Waals surface area contributed by atoms with Crippen molar-refractivity contribution in [2.24, 2.45) is 0 Å². The maximum atomic E-state index is 12.6. The average molecular weight is 381 g/mol. The lowest BCUT2D eigenvalue weighted by molar-refractivity contribution is 0.0766. The number of carbonyl (C=O) groups excluding carboxylic acids is 1. The van der Waals surface area contributed by atoms with Gasteiger partial charge in [0.05, 0.1) is 12.1 Å². The van der Waals surface area contributed by atoms with Crippen molar-refractivity contribution in [1.82, 2.24) is 4.90 Å². The second-order valence-corrected chi connectivity index (χ2v) is 6.58. The van der Waals surface area contributed by atoms with Gasteiger partial charge in [-0.05, 0) is 52.2 Å². The number of nitrogens with zero attached hydrogens (tertiary/aromatic N) is 1. The molecule has 0 aliphatic carbocycles. The number of methoxy groups -OCH3 is 1. The molecule has 3 rings (SSSR count). The van der Waals surface area contributed by atoms with Crippen LogP contribution in [0.1, 0.15) is 27.0 Å². The van der Waals surface area contributed by atoms with Gasteiger partial charge in [-0.2, -0.15) is 0 Å². The van der Waals surface area contributed by atoms with Gasteiger partial charge in [-0.15, -0.1) is 0 Å². The lowest BCUT2D eigenvalue weighted by Gasteiger charge is -2.16. The molecular formula is C17H15BrClNO2. The molecule has 1 aliphatic rings. The lowest BCUT2D eigenvalue weighted by Crippen LogP contribution is -2.23. The highest BCUT2D eigenvalue weighted by Gasteiger charge is 2.31. The average Bonchev–Trinajstić information content (AvgIpc) is 2.83. The number of ether oxygens (including phenoxy) is 1. The van der Waals surface area contributed by atoms with E-state index >= 15 is 0 Å². The van der Waals surface area contributed by atoms with Gasteiger partial charge < -0.3 is 9.64 Å². The van der Waals surface area contributed by atoms with E-state index < -0.39 is 0 Å². The largest absolute Gasteiger partial charge is 0.497 e. The quantitative estimate of drug-likeness (QED) is 0.780. The van der Waals surface area contributed by atoms with E-state index in [1.54, 1.807) is 7.11 Å². The molecule has 0 saturated carbocycles. The normalized spacial score (nSPS) is 13.5. The second kappa shape index (κ2) is 5.94. The predicted molar refractivity (Wildman–Crippen MR) is 90.5 cm³/mol. The van der Waals surface area contributed by atoms with E-state index in [9.17, 15) is 4.79 Å². The molecule has 1 amide bonds. The molecule has 0 unspecified atom stereocenters. The molecule has 0 spiro atoms. The number of aryl methyl sites for hydroxylation is 1. The van der Waals surface area contributed by atoms with Crippen LogP contribution in [-0.4, -0.2) is 17.9 Å². The van der Waals surface area contributed by atoms with Crippen molar-refractivity contribution >= 4 is 33.4 Å². The summed E-state index contributed by atoms with van der Waals surface area (Å²) in [5, 5.41) is 0.631. The maximum Gasteiger partial charge on any atom is 0.255 e. The third kappa shape index (κ3) is 2.61. The van der Waals surface area contributed by atoms with Crippen molar-refractivity contribution in [3.63, 3.8) is 0 Å². The van der Waals surface area contributed by atoms with E-state index in [0.29, 0.717) is 18.1 Å². The first-order valence-corrected chi connectivity index (χ1v) is 8.08. The minimum Gasteiger partial charge on any atom is -0.497 e. The van der Waals surface area contributed by atoms with Gasteiger partial charge in [-0.1, -0.05) is 23.7 Å². The Hall–Kier alpha value is -1.52. The van der Waals surface area contributed by atoms with E-state index in [0.717, 1.165) is 32.5 Å². The Morgan fingerprint density at radius 2 is 2.00 bits per heavy atom. The SMILES string of the molecule is COc1ccc(CN2Cc3c(Cl)c(Br)cc(C)c3C2=O)cc1. The number of carbonyl (C=O) groups is 1. The van der Waals surface area contributed by atoms with Crippen molar-refractivity contribution in [3.8, 4) is 5.75 Å². The molecular weight excluding hydrogens is 366 g/mol. The van der Waals surface area contributed by atoms with Gasteiger partial charge in [0.1, 0.15) is 5.75 Å². The Balaban J connectivity index is 1.87. The highest BCUT2D eigenvalue weighted by atomic mass is 79.9. The van der Waals surface area contributed by atoms with Gasteiger partial charge >= 0.3 is 0 Å². The van der Waals surface area contributed by atoms with Gasteiger partial charge in [0.15, 0.2) is 0 Å². The van der Waals surface area contributed by atoms with Gasteiger partial charge in [-0.25, -0.2) is 0 Å². The number of halogens is 2. The van der Waals surface area contributed by atoms with Crippen LogP contribution in [0.15, 0.2) is 34.8 Å². The Bertz CT molecular complexity index is 743. The summed E-state index contributed by atoms with van der Waals surface area (Å²) < 4.78 is 5.99. The van der Waals surface area contributed by atoms with E-state index in [2.05, 4.69) is 15.9 Å². The smallest absolute Gasteiger partial charge is 0.255 e. The third-order valence-corrected chi connectivity index (χ3v) is 5.18. The molecule has 0 aromatic heterocycles. The molecule has 0 saturated heterocycles. The maximum absolute atomic E-state index is 12.6. The van der Waals surface area contributed by atoms with Crippen LogP contribution >= 0.6 is 27.5 Å². The van der Waals surface area contributed by atoms with Crippen LogP contribution in [0.2, 0.25) is 5.02 Å². The molecule has 0 bridgehead atoms. The summed E-state index contributed by atoms with van der Waals surface area (Å²) >= 11 is 9.79. The Labute approximate surface area is 143 Å². The van der Waals surface area contributed by atoms with Crippen LogP contribution in [0.25, 0.3) is 0 Å². The molecule has 114 valence electrons. The number of hydrogen-bond acceptors (Lipinski definition) is 2. The molecule has 22 heavy (non-hydrogen) atoms. The first-order valence-electron chi connectivity index (χ1n) is 6.91. The summed E-state index contributed by atoms with van der Waals surface area (Å²) in [5.74, 6) is 0.848. The fraction of sp³-hybridized carbons (Fsp3) is 0.235. The van der Waals surface area contributed by atoms with E-state index in [1.807, 2.05) is 42.2 Å². The van der Waals surface area contributed by atoms with E-state index in [1.165, 1.54) is 0 Å². The van der Waals surface area contributed by atoms with Gasteiger partial charge in [0.25, 0.3) is 5.91 Å². The molecule has 1 heterocycles. The summed E-state index contributed by atoms with van der Waals surface area (Å²) in [6, 6.07) is 9.64. The summed E-state index contributed by atoms with van der Waals surface area (Å²) in [6.07, 6.45) is 0. The number of hydrogen-bond donors (Lipinski definition) is 0.